The molecule has 0 aliphatic heterocycles. The first-order chi connectivity index (χ1) is 9.71. The number of aromatic nitrogens is 2. The predicted octanol–water partition coefficient (Wildman–Crippen LogP) is 2.34. The van der Waals surface area contributed by atoms with Crippen molar-refractivity contribution in [3.63, 3.8) is 0 Å². The van der Waals surface area contributed by atoms with Gasteiger partial charge in [-0.3, -0.25) is 0 Å². The van der Waals surface area contributed by atoms with Crippen LogP contribution >= 0.6 is 0 Å². The molecule has 1 rings (SSSR count). The summed E-state index contributed by atoms with van der Waals surface area (Å²) in [5.74, 6) is 5.27. The van der Waals surface area contributed by atoms with E-state index in [1.807, 2.05) is 19.9 Å². The summed E-state index contributed by atoms with van der Waals surface area (Å²) in [5.41, 5.74) is 0.346. The minimum atomic E-state index is -0.600. The zero-order valence-corrected chi connectivity index (χ0v) is 11.7. The van der Waals surface area contributed by atoms with Crippen LogP contribution in [0.4, 0.5) is 0 Å². The lowest BCUT2D eigenvalue weighted by atomic mass is 10.2. The first kappa shape index (κ1) is 15.8. The van der Waals surface area contributed by atoms with Gasteiger partial charge in [-0.25, -0.2) is 4.79 Å². The van der Waals surface area contributed by atoms with E-state index in [-0.39, 0.29) is 0 Å². The van der Waals surface area contributed by atoms with E-state index in [9.17, 15) is 4.79 Å². The van der Waals surface area contributed by atoms with Crippen LogP contribution in [-0.4, -0.2) is 16.2 Å². The summed E-state index contributed by atoms with van der Waals surface area (Å²) in [6.45, 7) is 4.00. The molecule has 1 aromatic heterocycles. The smallest absolute Gasteiger partial charge is 0.356 e. The molecule has 0 aliphatic carbocycles. The number of nitrogens with zero attached hydrogens (tertiary/aromatic N) is 2. The van der Waals surface area contributed by atoms with Crippen LogP contribution in [0.1, 0.15) is 38.5 Å². The highest BCUT2D eigenvalue weighted by Crippen LogP contribution is 2.06. The fourth-order valence-electron chi connectivity index (χ4n) is 1.39. The Bertz CT molecular complexity index is 515. The summed E-state index contributed by atoms with van der Waals surface area (Å²) in [6.07, 6.45) is 10.8. The van der Waals surface area contributed by atoms with Crippen molar-refractivity contribution in [3.05, 3.63) is 41.7 Å². The number of hydrogen-bond donors (Lipinski definition) is 1. The molecule has 0 fully saturated rings. The number of rotatable bonds is 7. The highest BCUT2D eigenvalue weighted by Gasteiger charge is 2.05. The Morgan fingerprint density at radius 2 is 2.20 bits per heavy atom. The molecule has 6 nitrogen and oxygen atoms in total. The van der Waals surface area contributed by atoms with Crippen LogP contribution in [0.3, 0.4) is 0 Å². The summed E-state index contributed by atoms with van der Waals surface area (Å²) in [7, 11) is 0. The second-order valence-corrected chi connectivity index (χ2v) is 3.98. The molecule has 0 saturated carbocycles. The Morgan fingerprint density at radius 3 is 2.85 bits per heavy atom. The van der Waals surface area contributed by atoms with Gasteiger partial charge in [0.1, 0.15) is 0 Å². The molecule has 0 aliphatic rings. The number of nitrogens with two attached hydrogens (primary N) is 1. The minimum absolute atomic E-state index is 0.346. The average molecular weight is 277 g/mol. The summed E-state index contributed by atoms with van der Waals surface area (Å²) < 4.78 is 5.38. The standard InChI is InChI=1S/C14H19N3O3/c1-3-5-8-11(14(18)20-15)9-6-10-13-17-16-12(19-13)7-4-2/h5-6,8-10H,3-4,7,15H2,1-2H3/b8-5-,10-6+,11-9+. The SMILES string of the molecule is CC\C=C/C(=C\C=C\c1nnc(CCC)o1)C(=O)ON. The molecular formula is C14H19N3O3. The second-order valence-electron chi connectivity index (χ2n) is 3.98. The Labute approximate surface area is 118 Å². The number of hydrogen-bond acceptors (Lipinski definition) is 6. The van der Waals surface area contributed by atoms with Crippen LogP contribution in [0, 0.1) is 0 Å². The van der Waals surface area contributed by atoms with E-state index in [1.54, 1.807) is 24.3 Å². The van der Waals surface area contributed by atoms with E-state index in [1.165, 1.54) is 0 Å². The van der Waals surface area contributed by atoms with Crippen LogP contribution < -0.4 is 5.90 Å². The molecule has 1 aromatic rings. The van der Waals surface area contributed by atoms with Crippen LogP contribution in [-0.2, 0) is 16.1 Å². The second kappa shape index (κ2) is 8.82. The van der Waals surface area contributed by atoms with Crippen molar-refractivity contribution in [1.29, 1.82) is 0 Å². The highest BCUT2D eigenvalue weighted by molar-refractivity contribution is 5.91. The van der Waals surface area contributed by atoms with Gasteiger partial charge in [0, 0.05) is 12.5 Å². The van der Waals surface area contributed by atoms with Crippen LogP contribution in [0.5, 0.6) is 0 Å². The topological polar surface area (TPSA) is 91.2 Å². The van der Waals surface area contributed by atoms with E-state index in [4.69, 9.17) is 10.3 Å². The monoisotopic (exact) mass is 277 g/mol. The van der Waals surface area contributed by atoms with Gasteiger partial charge in [0.05, 0.1) is 5.57 Å². The van der Waals surface area contributed by atoms with Gasteiger partial charge in [-0.1, -0.05) is 32.1 Å². The van der Waals surface area contributed by atoms with Gasteiger partial charge >= 0.3 is 5.97 Å². The molecule has 0 atom stereocenters. The molecule has 6 heteroatoms. The maximum absolute atomic E-state index is 11.4. The third kappa shape index (κ3) is 5.19. The summed E-state index contributed by atoms with van der Waals surface area (Å²) in [4.78, 5) is 15.6. The zero-order valence-electron chi connectivity index (χ0n) is 11.7. The van der Waals surface area contributed by atoms with Crippen molar-refractivity contribution >= 4 is 12.0 Å². The lowest BCUT2D eigenvalue weighted by Gasteiger charge is -1.96. The third-order valence-electron chi connectivity index (χ3n) is 2.34. The number of carbonyl (C=O) groups excluding carboxylic acids is 1. The first-order valence-corrected chi connectivity index (χ1v) is 6.49. The molecule has 0 amide bonds. The number of aryl methyl sites for hydroxylation is 1. The minimum Gasteiger partial charge on any atom is -0.421 e. The first-order valence-electron chi connectivity index (χ1n) is 6.49. The molecule has 1 heterocycles. The van der Waals surface area contributed by atoms with Gasteiger partial charge in [-0.15, -0.1) is 10.2 Å². The zero-order chi connectivity index (χ0) is 14.8. The van der Waals surface area contributed by atoms with Crippen molar-refractivity contribution in [2.24, 2.45) is 5.90 Å². The van der Waals surface area contributed by atoms with Crippen LogP contribution in [0.2, 0.25) is 0 Å². The van der Waals surface area contributed by atoms with Gasteiger partial charge in [0.15, 0.2) is 0 Å². The average Bonchev–Trinajstić information content (AvgIpc) is 2.90. The van der Waals surface area contributed by atoms with E-state index >= 15 is 0 Å². The molecule has 108 valence electrons. The lowest BCUT2D eigenvalue weighted by Crippen LogP contribution is -2.11. The van der Waals surface area contributed by atoms with E-state index in [2.05, 4.69) is 15.0 Å². The Hall–Kier alpha value is -2.21. The fraction of sp³-hybridized carbons (Fsp3) is 0.357. The summed E-state index contributed by atoms with van der Waals surface area (Å²) in [6, 6.07) is 0. The van der Waals surface area contributed by atoms with Crippen molar-refractivity contribution < 1.29 is 14.0 Å². The Kier molecular flexibility index (Phi) is 6.99. The van der Waals surface area contributed by atoms with Gasteiger partial charge in [0.2, 0.25) is 11.8 Å². The normalized spacial score (nSPS) is 12.4. The maximum atomic E-state index is 11.4. The summed E-state index contributed by atoms with van der Waals surface area (Å²) in [5, 5.41) is 7.76. The quantitative estimate of drug-likeness (QED) is 0.467. The molecule has 0 spiro atoms. The van der Waals surface area contributed by atoms with E-state index in [0.29, 0.717) is 17.4 Å². The van der Waals surface area contributed by atoms with Crippen molar-refractivity contribution in [3.8, 4) is 0 Å². The van der Waals surface area contributed by atoms with Crippen LogP contribution in [0.25, 0.3) is 6.08 Å². The van der Waals surface area contributed by atoms with Gasteiger partial charge in [-0.05, 0) is 18.9 Å². The Morgan fingerprint density at radius 1 is 1.40 bits per heavy atom. The molecule has 0 aromatic carbocycles. The molecule has 2 N–H and O–H groups in total. The largest absolute Gasteiger partial charge is 0.421 e. The molecule has 20 heavy (non-hydrogen) atoms. The van der Waals surface area contributed by atoms with E-state index in [0.717, 1.165) is 19.3 Å². The number of allylic oxidation sites excluding steroid dienone is 3. The third-order valence-corrected chi connectivity index (χ3v) is 2.34. The molecule has 0 saturated heterocycles. The van der Waals surface area contributed by atoms with Gasteiger partial charge in [-0.2, -0.15) is 5.90 Å². The predicted molar refractivity (Wildman–Crippen MR) is 75.1 cm³/mol. The van der Waals surface area contributed by atoms with Crippen molar-refractivity contribution in [2.75, 3.05) is 0 Å². The molecule has 0 bridgehead atoms. The molecule has 0 radical (unpaired) electrons. The molecule has 0 unspecified atom stereocenters. The summed E-state index contributed by atoms with van der Waals surface area (Å²) >= 11 is 0. The van der Waals surface area contributed by atoms with Gasteiger partial charge < -0.3 is 9.25 Å². The fourth-order valence-corrected chi connectivity index (χ4v) is 1.39. The maximum Gasteiger partial charge on any atom is 0.356 e. The van der Waals surface area contributed by atoms with Crippen LogP contribution in [0.15, 0.2) is 34.3 Å². The van der Waals surface area contributed by atoms with Gasteiger partial charge in [0.25, 0.3) is 0 Å². The van der Waals surface area contributed by atoms with Crippen molar-refractivity contribution in [1.82, 2.24) is 10.2 Å². The van der Waals surface area contributed by atoms with Crippen molar-refractivity contribution in [2.45, 2.75) is 33.1 Å². The highest BCUT2D eigenvalue weighted by atomic mass is 16.7. The lowest BCUT2D eigenvalue weighted by molar-refractivity contribution is -0.139. The Balaban J connectivity index is 2.76. The number of carbonyl (C=O) groups is 1. The van der Waals surface area contributed by atoms with E-state index < -0.39 is 5.97 Å². The molecular weight excluding hydrogens is 258 g/mol.